The Hall–Kier alpha value is -3.24. The van der Waals surface area contributed by atoms with E-state index < -0.39 is 34.3 Å². The first-order valence-corrected chi connectivity index (χ1v) is 14.8. The number of hydrogen-bond acceptors (Lipinski definition) is 4. The highest BCUT2D eigenvalue weighted by molar-refractivity contribution is 9.10. The third-order valence-corrected chi connectivity index (χ3v) is 8.69. The van der Waals surface area contributed by atoms with Crippen molar-refractivity contribution in [1.29, 1.82) is 0 Å². The van der Waals surface area contributed by atoms with E-state index in [0.717, 1.165) is 32.0 Å². The minimum Gasteiger partial charge on any atom is -0.352 e. The van der Waals surface area contributed by atoms with E-state index in [-0.39, 0.29) is 29.1 Å². The number of amides is 2. The first-order valence-electron chi connectivity index (χ1n) is 12.6. The van der Waals surface area contributed by atoms with E-state index in [9.17, 15) is 22.4 Å². The first kappa shape index (κ1) is 30.3. The van der Waals surface area contributed by atoms with Crippen LogP contribution in [0.25, 0.3) is 0 Å². The zero-order valence-corrected chi connectivity index (χ0v) is 24.8. The molecule has 0 heterocycles. The molecule has 39 heavy (non-hydrogen) atoms. The van der Waals surface area contributed by atoms with Gasteiger partial charge in [-0.15, -0.1) is 0 Å². The third-order valence-electron chi connectivity index (χ3n) is 6.41. The number of halogens is 2. The van der Waals surface area contributed by atoms with Crippen molar-refractivity contribution >= 4 is 43.5 Å². The molecule has 0 radical (unpaired) electrons. The molecule has 3 aromatic rings. The normalized spacial score (nSPS) is 12.9. The minimum atomic E-state index is -4.21. The van der Waals surface area contributed by atoms with E-state index in [1.54, 1.807) is 19.1 Å². The van der Waals surface area contributed by atoms with Crippen molar-refractivity contribution < 1.29 is 22.4 Å². The summed E-state index contributed by atoms with van der Waals surface area (Å²) in [6.07, 6.45) is 0.713. The van der Waals surface area contributed by atoms with Crippen LogP contribution in [0, 0.1) is 12.7 Å². The summed E-state index contributed by atoms with van der Waals surface area (Å²) >= 11 is 3.43. The molecule has 0 aliphatic carbocycles. The molecule has 3 rings (SSSR count). The number of carbonyl (C=O) groups excluding carboxylic acids is 2. The number of sulfonamides is 1. The Morgan fingerprint density at radius 1 is 1.00 bits per heavy atom. The molecule has 0 fully saturated rings. The fourth-order valence-corrected chi connectivity index (χ4v) is 5.71. The number of carbonyl (C=O) groups is 2. The first-order chi connectivity index (χ1) is 18.4. The molecule has 0 bridgehead atoms. The highest BCUT2D eigenvalue weighted by Gasteiger charge is 2.32. The molecule has 0 aliphatic rings. The molecule has 3 aromatic carbocycles. The van der Waals surface area contributed by atoms with Gasteiger partial charge in [0.1, 0.15) is 18.4 Å². The summed E-state index contributed by atoms with van der Waals surface area (Å²) in [4.78, 5) is 28.3. The van der Waals surface area contributed by atoms with Crippen LogP contribution in [-0.4, -0.2) is 43.8 Å². The van der Waals surface area contributed by atoms with E-state index in [2.05, 4.69) is 21.2 Å². The van der Waals surface area contributed by atoms with Gasteiger partial charge < -0.3 is 10.2 Å². The second-order valence-corrected chi connectivity index (χ2v) is 12.2. The lowest BCUT2D eigenvalue weighted by molar-refractivity contribution is -0.139. The second-order valence-electron chi connectivity index (χ2n) is 9.45. The van der Waals surface area contributed by atoms with Crippen LogP contribution in [0.3, 0.4) is 0 Å². The second kappa shape index (κ2) is 13.2. The molecule has 0 unspecified atom stereocenters. The van der Waals surface area contributed by atoms with Gasteiger partial charge in [0, 0.05) is 17.1 Å². The van der Waals surface area contributed by atoms with Gasteiger partial charge in [-0.2, -0.15) is 0 Å². The van der Waals surface area contributed by atoms with Gasteiger partial charge in [0.2, 0.25) is 11.8 Å². The number of nitrogens with zero attached hydrogens (tertiary/aromatic N) is 2. The van der Waals surface area contributed by atoms with Crippen LogP contribution in [0.15, 0.2) is 82.2 Å². The summed E-state index contributed by atoms with van der Waals surface area (Å²) in [5.41, 5.74) is 1.76. The summed E-state index contributed by atoms with van der Waals surface area (Å²) in [6, 6.07) is 17.5. The Labute approximate surface area is 238 Å². The van der Waals surface area contributed by atoms with Gasteiger partial charge in [0.15, 0.2) is 0 Å². The topological polar surface area (TPSA) is 86.8 Å². The summed E-state index contributed by atoms with van der Waals surface area (Å²) in [5, 5.41) is 2.90. The standard InChI is InChI=1S/C29H33BrFN3O4S/c1-5-21(3)32-29(36)22(4)33(18-23-7-6-8-24(30)17-23)28(35)19-34(26-13-11-25(31)12-14-26)39(37,38)27-15-9-20(2)10-16-27/h6-17,21-22H,5,18-19H2,1-4H3,(H,32,36)/t21-,22-/m0/s1. The molecule has 7 nitrogen and oxygen atoms in total. The van der Waals surface area contributed by atoms with Crippen molar-refractivity contribution in [3.63, 3.8) is 0 Å². The van der Waals surface area contributed by atoms with Crippen molar-refractivity contribution in [3.05, 3.63) is 94.2 Å². The van der Waals surface area contributed by atoms with Crippen LogP contribution in [0.5, 0.6) is 0 Å². The molecule has 10 heteroatoms. The summed E-state index contributed by atoms with van der Waals surface area (Å²) < 4.78 is 43.0. The van der Waals surface area contributed by atoms with Gasteiger partial charge in [-0.3, -0.25) is 13.9 Å². The van der Waals surface area contributed by atoms with E-state index >= 15 is 0 Å². The molecule has 2 amide bonds. The number of rotatable bonds is 11. The monoisotopic (exact) mass is 617 g/mol. The zero-order chi connectivity index (χ0) is 28.7. The fraction of sp³-hybridized carbons (Fsp3) is 0.310. The Bertz CT molecular complexity index is 1400. The average molecular weight is 619 g/mol. The van der Waals surface area contributed by atoms with Crippen molar-refractivity contribution in [3.8, 4) is 0 Å². The van der Waals surface area contributed by atoms with Gasteiger partial charge in [0.25, 0.3) is 10.0 Å². The number of hydrogen-bond donors (Lipinski definition) is 1. The molecule has 0 aromatic heterocycles. The Morgan fingerprint density at radius 3 is 2.23 bits per heavy atom. The number of nitrogens with one attached hydrogen (secondary N) is 1. The highest BCUT2D eigenvalue weighted by atomic mass is 79.9. The van der Waals surface area contributed by atoms with Crippen LogP contribution in [-0.2, 0) is 26.2 Å². The summed E-state index contributed by atoms with van der Waals surface area (Å²) in [6.45, 7) is 6.76. The molecule has 2 atom stereocenters. The number of anilines is 1. The third kappa shape index (κ3) is 7.89. The van der Waals surface area contributed by atoms with E-state index in [1.165, 1.54) is 29.2 Å². The Morgan fingerprint density at radius 2 is 1.64 bits per heavy atom. The van der Waals surface area contributed by atoms with Crippen LogP contribution in [0.1, 0.15) is 38.3 Å². The SMILES string of the molecule is CC[C@H](C)NC(=O)[C@H](C)N(Cc1cccc(Br)c1)C(=O)CN(c1ccc(F)cc1)S(=O)(=O)c1ccc(C)cc1. The van der Waals surface area contributed by atoms with Crippen molar-refractivity contribution in [2.45, 2.75) is 57.6 Å². The molecule has 0 aliphatic heterocycles. The van der Waals surface area contributed by atoms with Crippen molar-refractivity contribution in [1.82, 2.24) is 10.2 Å². The lowest BCUT2D eigenvalue weighted by Gasteiger charge is -2.32. The predicted molar refractivity (Wildman–Crippen MR) is 154 cm³/mol. The molecule has 0 spiro atoms. The maximum atomic E-state index is 13.9. The Balaban J connectivity index is 2.02. The van der Waals surface area contributed by atoms with Crippen molar-refractivity contribution in [2.24, 2.45) is 0 Å². The molecule has 0 saturated heterocycles. The lowest BCUT2D eigenvalue weighted by atomic mass is 10.1. The maximum Gasteiger partial charge on any atom is 0.264 e. The summed E-state index contributed by atoms with van der Waals surface area (Å²) in [5.74, 6) is -1.46. The summed E-state index contributed by atoms with van der Waals surface area (Å²) in [7, 11) is -4.21. The van der Waals surface area contributed by atoms with Crippen molar-refractivity contribution in [2.75, 3.05) is 10.8 Å². The van der Waals surface area contributed by atoms with E-state index in [1.807, 2.05) is 45.0 Å². The van der Waals surface area contributed by atoms with Crippen LogP contribution >= 0.6 is 15.9 Å². The van der Waals surface area contributed by atoms with Gasteiger partial charge in [0.05, 0.1) is 10.6 Å². The predicted octanol–water partition coefficient (Wildman–Crippen LogP) is 5.42. The average Bonchev–Trinajstić information content (AvgIpc) is 2.90. The van der Waals surface area contributed by atoms with Crippen LogP contribution < -0.4 is 9.62 Å². The number of aryl methyl sites for hydroxylation is 1. The smallest absolute Gasteiger partial charge is 0.264 e. The van der Waals surface area contributed by atoms with Gasteiger partial charge in [-0.05, 0) is 81.3 Å². The van der Waals surface area contributed by atoms with E-state index in [0.29, 0.717) is 6.42 Å². The van der Waals surface area contributed by atoms with Crippen LogP contribution in [0.4, 0.5) is 10.1 Å². The molecule has 1 N–H and O–H groups in total. The fourth-order valence-electron chi connectivity index (χ4n) is 3.85. The minimum absolute atomic E-state index is 0.00803. The lowest BCUT2D eigenvalue weighted by Crippen LogP contribution is -2.52. The molecule has 0 saturated carbocycles. The van der Waals surface area contributed by atoms with Gasteiger partial charge >= 0.3 is 0 Å². The Kier molecular flexibility index (Phi) is 10.3. The zero-order valence-electron chi connectivity index (χ0n) is 22.4. The molecular weight excluding hydrogens is 585 g/mol. The van der Waals surface area contributed by atoms with Gasteiger partial charge in [-0.25, -0.2) is 12.8 Å². The maximum absolute atomic E-state index is 13.9. The quantitative estimate of drug-likeness (QED) is 0.311. The van der Waals surface area contributed by atoms with Gasteiger partial charge in [-0.1, -0.05) is 52.7 Å². The number of benzene rings is 3. The molecule has 208 valence electrons. The largest absolute Gasteiger partial charge is 0.352 e. The van der Waals surface area contributed by atoms with Crippen LogP contribution in [0.2, 0.25) is 0 Å². The molecular formula is C29H33BrFN3O4S. The van der Waals surface area contributed by atoms with E-state index in [4.69, 9.17) is 0 Å². The highest BCUT2D eigenvalue weighted by Crippen LogP contribution is 2.25.